The molecule has 1 N–H and O–H groups in total. The number of benzene rings is 1. The summed E-state index contributed by atoms with van der Waals surface area (Å²) in [4.78, 5) is 15.2. The van der Waals surface area contributed by atoms with Crippen molar-refractivity contribution in [3.63, 3.8) is 0 Å². The molecule has 1 aromatic rings. The van der Waals surface area contributed by atoms with Crippen LogP contribution in [0.4, 0.5) is 0 Å². The van der Waals surface area contributed by atoms with Crippen LogP contribution in [0, 0.1) is 5.92 Å². The number of carbonyl (C=O) groups is 1. The summed E-state index contributed by atoms with van der Waals surface area (Å²) in [7, 11) is 0. The van der Waals surface area contributed by atoms with E-state index in [9.17, 15) is 4.79 Å². The topological polar surface area (TPSA) is 32.3 Å². The minimum Gasteiger partial charge on any atom is -0.356 e. The Morgan fingerprint density at radius 3 is 2.38 bits per heavy atom. The molecule has 3 nitrogen and oxygen atoms in total. The van der Waals surface area contributed by atoms with Gasteiger partial charge in [-0.3, -0.25) is 4.79 Å². The second kappa shape index (κ2) is 11.5. The molecule has 0 saturated heterocycles. The van der Waals surface area contributed by atoms with Crippen LogP contribution in [0.25, 0.3) is 0 Å². The fourth-order valence-corrected chi connectivity index (χ4v) is 3.75. The number of amides is 1. The van der Waals surface area contributed by atoms with Gasteiger partial charge in [-0.25, -0.2) is 0 Å². The van der Waals surface area contributed by atoms with Gasteiger partial charge >= 0.3 is 0 Å². The second-order valence-corrected chi connectivity index (χ2v) is 6.60. The lowest BCUT2D eigenvalue weighted by Gasteiger charge is -2.24. The van der Waals surface area contributed by atoms with Gasteiger partial charge in [0.1, 0.15) is 0 Å². The molecule has 1 unspecified atom stereocenters. The highest BCUT2D eigenvalue weighted by Crippen LogP contribution is 2.37. The van der Waals surface area contributed by atoms with Crippen molar-refractivity contribution in [2.75, 3.05) is 26.2 Å². The van der Waals surface area contributed by atoms with Gasteiger partial charge in [0, 0.05) is 6.54 Å². The predicted molar refractivity (Wildman–Crippen MR) is 104 cm³/mol. The molecule has 1 atom stereocenters. The van der Waals surface area contributed by atoms with E-state index in [0.29, 0.717) is 5.92 Å². The molecule has 1 amide bonds. The van der Waals surface area contributed by atoms with E-state index in [1.54, 1.807) is 0 Å². The molecule has 1 saturated carbocycles. The van der Waals surface area contributed by atoms with E-state index >= 15 is 0 Å². The summed E-state index contributed by atoms with van der Waals surface area (Å²) in [6.45, 7) is 8.39. The third-order valence-electron chi connectivity index (χ3n) is 5.16. The number of carbonyl (C=O) groups excluding carboxylic acids is 1. The fraction of sp³-hybridized carbons (Fsp3) is 0.650. The number of nitrogens with one attached hydrogen (secondary N) is 1. The Bertz CT molecular complexity index is 456. The maximum absolute atomic E-state index is 12.8. The molecule has 24 heavy (non-hydrogen) atoms. The van der Waals surface area contributed by atoms with Crippen LogP contribution in [0.1, 0.15) is 57.4 Å². The smallest absolute Gasteiger partial charge is 0.227 e. The first-order chi connectivity index (χ1) is 11.3. The second-order valence-electron chi connectivity index (χ2n) is 6.60. The van der Waals surface area contributed by atoms with Crippen molar-refractivity contribution in [1.29, 1.82) is 0 Å². The molecule has 0 aliphatic heterocycles. The number of halogens is 1. The van der Waals surface area contributed by atoms with E-state index in [1.165, 1.54) is 31.2 Å². The monoisotopic (exact) mass is 352 g/mol. The van der Waals surface area contributed by atoms with Crippen LogP contribution in [0.15, 0.2) is 30.3 Å². The van der Waals surface area contributed by atoms with Crippen molar-refractivity contribution in [1.82, 2.24) is 10.2 Å². The van der Waals surface area contributed by atoms with Gasteiger partial charge in [-0.2, -0.15) is 0 Å². The van der Waals surface area contributed by atoms with Crippen molar-refractivity contribution >= 4 is 18.3 Å². The number of hydrogen-bond acceptors (Lipinski definition) is 2. The lowest BCUT2D eigenvalue weighted by Crippen LogP contribution is -2.35. The molecule has 136 valence electrons. The number of rotatable bonds is 9. The summed E-state index contributed by atoms with van der Waals surface area (Å²) in [5, 5.41) is 3.20. The highest BCUT2D eigenvalue weighted by molar-refractivity contribution is 5.85. The van der Waals surface area contributed by atoms with E-state index in [-0.39, 0.29) is 24.2 Å². The molecule has 4 heteroatoms. The standard InChI is InChI=1S/C20H32N2O.ClH/c1-3-22(4-2)16-10-15-21-20(23)19(18-13-8-9-14-18)17-11-6-5-7-12-17;/h5-7,11-12,18-19H,3-4,8-10,13-16H2,1-2H3,(H,21,23);1H. The first-order valence-corrected chi connectivity index (χ1v) is 9.31. The van der Waals surface area contributed by atoms with Crippen molar-refractivity contribution in [2.45, 2.75) is 51.9 Å². The molecule has 0 bridgehead atoms. The van der Waals surface area contributed by atoms with E-state index in [4.69, 9.17) is 0 Å². The summed E-state index contributed by atoms with van der Waals surface area (Å²) in [5.41, 5.74) is 1.18. The zero-order valence-corrected chi connectivity index (χ0v) is 16.0. The van der Waals surface area contributed by atoms with E-state index in [1.807, 2.05) is 18.2 Å². The normalized spacial score (nSPS) is 16.0. The molecule has 0 spiro atoms. The fourth-order valence-electron chi connectivity index (χ4n) is 3.75. The zero-order valence-electron chi connectivity index (χ0n) is 15.2. The highest BCUT2D eigenvalue weighted by Gasteiger charge is 2.31. The van der Waals surface area contributed by atoms with Gasteiger partial charge in [0.05, 0.1) is 5.92 Å². The van der Waals surface area contributed by atoms with Crippen molar-refractivity contribution in [3.8, 4) is 0 Å². The molecule has 1 aliphatic rings. The molecule has 1 aliphatic carbocycles. The van der Waals surface area contributed by atoms with Gasteiger partial charge in [0.15, 0.2) is 0 Å². The van der Waals surface area contributed by atoms with Gasteiger partial charge in [-0.05, 0) is 50.4 Å². The first-order valence-electron chi connectivity index (χ1n) is 9.31. The van der Waals surface area contributed by atoms with Crippen molar-refractivity contribution in [2.24, 2.45) is 5.92 Å². The summed E-state index contributed by atoms with van der Waals surface area (Å²) in [6.07, 6.45) is 5.94. The Morgan fingerprint density at radius 2 is 1.79 bits per heavy atom. The quantitative estimate of drug-likeness (QED) is 0.674. The average molecular weight is 353 g/mol. The lowest BCUT2D eigenvalue weighted by molar-refractivity contribution is -0.123. The highest BCUT2D eigenvalue weighted by atomic mass is 35.5. The minimum absolute atomic E-state index is 0. The molecular weight excluding hydrogens is 320 g/mol. The molecule has 0 heterocycles. The predicted octanol–water partition coefficient (Wildman–Crippen LogP) is 4.23. The Kier molecular flexibility index (Phi) is 10.0. The van der Waals surface area contributed by atoms with Crippen LogP contribution in [0.3, 0.4) is 0 Å². The maximum atomic E-state index is 12.8. The molecule has 0 radical (unpaired) electrons. The Hall–Kier alpha value is -1.06. The van der Waals surface area contributed by atoms with Crippen molar-refractivity contribution in [3.05, 3.63) is 35.9 Å². The first kappa shape index (κ1) is 21.0. The molecule has 1 aromatic carbocycles. The Balaban J connectivity index is 0.00000288. The summed E-state index contributed by atoms with van der Waals surface area (Å²) >= 11 is 0. The van der Waals surface area contributed by atoms with Crippen LogP contribution in [-0.2, 0) is 4.79 Å². The van der Waals surface area contributed by atoms with Crippen LogP contribution < -0.4 is 5.32 Å². The number of hydrogen-bond donors (Lipinski definition) is 1. The van der Waals surface area contributed by atoms with Crippen LogP contribution >= 0.6 is 12.4 Å². The lowest BCUT2D eigenvalue weighted by atomic mass is 9.84. The molecule has 2 rings (SSSR count). The zero-order chi connectivity index (χ0) is 16.5. The maximum Gasteiger partial charge on any atom is 0.227 e. The summed E-state index contributed by atoms with van der Waals surface area (Å²) < 4.78 is 0. The number of nitrogens with zero attached hydrogens (tertiary/aromatic N) is 1. The SMILES string of the molecule is CCN(CC)CCCNC(=O)C(c1ccccc1)C1CCCC1.Cl. The minimum atomic E-state index is 0. The molecule has 1 fully saturated rings. The van der Waals surface area contributed by atoms with Gasteiger partial charge in [-0.15, -0.1) is 12.4 Å². The Labute approximate surface area is 153 Å². The summed E-state index contributed by atoms with van der Waals surface area (Å²) in [5.74, 6) is 0.773. The van der Waals surface area contributed by atoms with E-state index < -0.39 is 0 Å². The van der Waals surface area contributed by atoms with Gasteiger partial charge in [0.25, 0.3) is 0 Å². The van der Waals surface area contributed by atoms with Crippen LogP contribution in [-0.4, -0.2) is 37.0 Å². The largest absolute Gasteiger partial charge is 0.356 e. The third-order valence-corrected chi connectivity index (χ3v) is 5.16. The molecular formula is C20H33ClN2O. The average Bonchev–Trinajstić information content (AvgIpc) is 3.10. The Morgan fingerprint density at radius 1 is 1.17 bits per heavy atom. The van der Waals surface area contributed by atoms with Crippen molar-refractivity contribution < 1.29 is 4.79 Å². The van der Waals surface area contributed by atoms with E-state index in [2.05, 4.69) is 36.2 Å². The third kappa shape index (κ3) is 6.10. The van der Waals surface area contributed by atoms with Gasteiger partial charge < -0.3 is 10.2 Å². The molecule has 0 aromatic heterocycles. The van der Waals surface area contributed by atoms with Crippen LogP contribution in [0.2, 0.25) is 0 Å². The van der Waals surface area contributed by atoms with Gasteiger partial charge in [-0.1, -0.05) is 57.0 Å². The van der Waals surface area contributed by atoms with Crippen LogP contribution in [0.5, 0.6) is 0 Å². The van der Waals surface area contributed by atoms with Gasteiger partial charge in [0.2, 0.25) is 5.91 Å². The van der Waals surface area contributed by atoms with E-state index in [0.717, 1.165) is 32.6 Å². The summed E-state index contributed by atoms with van der Waals surface area (Å²) in [6, 6.07) is 10.3.